The average Bonchev–Trinajstić information content (AvgIpc) is 2.62. The lowest BCUT2D eigenvalue weighted by Crippen LogP contribution is -2.53. The van der Waals surface area contributed by atoms with E-state index in [-0.39, 0.29) is 11.5 Å². The van der Waals surface area contributed by atoms with Crippen molar-refractivity contribution in [2.45, 2.75) is 32.8 Å². The molecule has 0 saturated heterocycles. The lowest BCUT2D eigenvalue weighted by atomic mass is 10.0. The fourth-order valence-corrected chi connectivity index (χ4v) is 2.97. The summed E-state index contributed by atoms with van der Waals surface area (Å²) in [4.78, 5) is 25.6. The summed E-state index contributed by atoms with van der Waals surface area (Å²) in [6.07, 6.45) is 0.635. The SMILES string of the molecule is Cc1ccc(OCCCN2C(=O)C(C)(C)Oc3cc(C(=O)O)ccc32)cc1. The molecule has 0 radical (unpaired) electrons. The fourth-order valence-electron chi connectivity index (χ4n) is 2.97. The molecule has 2 aromatic carbocycles. The molecule has 6 nitrogen and oxygen atoms in total. The zero-order valence-electron chi connectivity index (χ0n) is 15.7. The summed E-state index contributed by atoms with van der Waals surface area (Å²) < 4.78 is 11.5. The third-order valence-corrected chi connectivity index (χ3v) is 4.44. The third-order valence-electron chi connectivity index (χ3n) is 4.44. The van der Waals surface area contributed by atoms with E-state index < -0.39 is 11.6 Å². The molecule has 6 heteroatoms. The summed E-state index contributed by atoms with van der Waals surface area (Å²) in [6.45, 7) is 6.30. The first-order chi connectivity index (χ1) is 12.8. The van der Waals surface area contributed by atoms with Gasteiger partial charge in [0.15, 0.2) is 5.60 Å². The molecule has 27 heavy (non-hydrogen) atoms. The maximum atomic E-state index is 12.8. The number of amides is 1. The number of anilines is 1. The van der Waals surface area contributed by atoms with Gasteiger partial charge in [-0.25, -0.2) is 4.79 Å². The van der Waals surface area contributed by atoms with E-state index >= 15 is 0 Å². The van der Waals surface area contributed by atoms with Crippen molar-refractivity contribution in [1.29, 1.82) is 0 Å². The number of fused-ring (bicyclic) bond motifs is 1. The number of hydrogen-bond acceptors (Lipinski definition) is 4. The highest BCUT2D eigenvalue weighted by Crippen LogP contribution is 2.38. The molecule has 1 N–H and O–H groups in total. The molecule has 0 saturated carbocycles. The number of nitrogens with zero attached hydrogens (tertiary/aromatic N) is 1. The van der Waals surface area contributed by atoms with Crippen LogP contribution in [0.15, 0.2) is 42.5 Å². The van der Waals surface area contributed by atoms with Crippen LogP contribution in [0.2, 0.25) is 0 Å². The largest absolute Gasteiger partial charge is 0.494 e. The van der Waals surface area contributed by atoms with E-state index in [1.807, 2.05) is 31.2 Å². The predicted octanol–water partition coefficient (Wildman–Crippen LogP) is 3.67. The molecule has 0 aliphatic carbocycles. The summed E-state index contributed by atoms with van der Waals surface area (Å²) in [6, 6.07) is 12.4. The van der Waals surface area contributed by atoms with Crippen LogP contribution in [0.3, 0.4) is 0 Å². The number of carbonyl (C=O) groups excluding carboxylic acids is 1. The maximum Gasteiger partial charge on any atom is 0.335 e. The summed E-state index contributed by atoms with van der Waals surface area (Å²) >= 11 is 0. The highest BCUT2D eigenvalue weighted by molar-refractivity contribution is 6.03. The normalized spacial score (nSPS) is 15.1. The van der Waals surface area contributed by atoms with Gasteiger partial charge in [0, 0.05) is 6.54 Å². The number of carboxylic acid groups (broad SMARTS) is 1. The molecule has 0 aromatic heterocycles. The van der Waals surface area contributed by atoms with E-state index in [0.717, 1.165) is 5.75 Å². The number of carboxylic acids is 1. The van der Waals surface area contributed by atoms with Gasteiger partial charge in [0.25, 0.3) is 5.91 Å². The Balaban J connectivity index is 1.71. The van der Waals surface area contributed by atoms with Gasteiger partial charge in [-0.15, -0.1) is 0 Å². The molecule has 142 valence electrons. The van der Waals surface area contributed by atoms with Crippen LogP contribution >= 0.6 is 0 Å². The smallest absolute Gasteiger partial charge is 0.335 e. The van der Waals surface area contributed by atoms with Gasteiger partial charge in [-0.1, -0.05) is 17.7 Å². The first kappa shape index (κ1) is 18.8. The van der Waals surface area contributed by atoms with E-state index in [1.54, 1.807) is 24.8 Å². The van der Waals surface area contributed by atoms with Crippen molar-refractivity contribution >= 4 is 17.6 Å². The number of aryl methyl sites for hydroxylation is 1. The van der Waals surface area contributed by atoms with Crippen LogP contribution in [-0.4, -0.2) is 35.7 Å². The molecule has 0 atom stereocenters. The third kappa shape index (κ3) is 4.05. The molecule has 0 spiro atoms. The van der Waals surface area contributed by atoms with Crippen LogP contribution in [0.5, 0.6) is 11.5 Å². The highest BCUT2D eigenvalue weighted by atomic mass is 16.5. The number of rotatable bonds is 6. The topological polar surface area (TPSA) is 76.1 Å². The van der Waals surface area contributed by atoms with Crippen molar-refractivity contribution in [3.63, 3.8) is 0 Å². The molecule has 1 amide bonds. The van der Waals surface area contributed by atoms with Gasteiger partial charge >= 0.3 is 5.97 Å². The standard InChI is InChI=1S/C21H23NO5/c1-14-5-8-16(9-6-14)26-12-4-11-22-17-10-7-15(19(23)24)13-18(17)27-21(2,3)20(22)25/h5-10,13H,4,11-12H2,1-3H3,(H,23,24). The first-order valence-electron chi connectivity index (χ1n) is 8.86. The molecule has 1 aliphatic rings. The van der Waals surface area contributed by atoms with E-state index in [1.165, 1.54) is 17.7 Å². The Labute approximate surface area is 158 Å². The van der Waals surface area contributed by atoms with Crippen LogP contribution in [-0.2, 0) is 4.79 Å². The van der Waals surface area contributed by atoms with Crippen LogP contribution < -0.4 is 14.4 Å². The molecule has 0 unspecified atom stereocenters. The summed E-state index contributed by atoms with van der Waals surface area (Å²) in [7, 11) is 0. The van der Waals surface area contributed by atoms with E-state index in [4.69, 9.17) is 9.47 Å². The van der Waals surface area contributed by atoms with Gasteiger partial charge < -0.3 is 19.5 Å². The van der Waals surface area contributed by atoms with Gasteiger partial charge in [0.2, 0.25) is 0 Å². The first-order valence-corrected chi connectivity index (χ1v) is 8.86. The minimum atomic E-state index is -1.05. The zero-order valence-corrected chi connectivity index (χ0v) is 15.7. The Bertz CT molecular complexity index is 857. The Morgan fingerprint density at radius 3 is 2.56 bits per heavy atom. The molecule has 2 aromatic rings. The van der Waals surface area contributed by atoms with Gasteiger partial charge in [-0.05, 0) is 57.5 Å². The number of aromatic carboxylic acids is 1. The lowest BCUT2D eigenvalue weighted by molar-refractivity contribution is -0.132. The van der Waals surface area contributed by atoms with Crippen LogP contribution in [0.1, 0.15) is 36.2 Å². The Hall–Kier alpha value is -3.02. The molecule has 0 bridgehead atoms. The van der Waals surface area contributed by atoms with Crippen molar-refractivity contribution in [2.75, 3.05) is 18.1 Å². The minimum Gasteiger partial charge on any atom is -0.494 e. The van der Waals surface area contributed by atoms with Crippen LogP contribution in [0.25, 0.3) is 0 Å². The number of benzene rings is 2. The number of hydrogen-bond donors (Lipinski definition) is 1. The highest BCUT2D eigenvalue weighted by Gasteiger charge is 2.40. The second kappa shape index (κ2) is 7.31. The minimum absolute atomic E-state index is 0.126. The molecule has 3 rings (SSSR count). The summed E-state index contributed by atoms with van der Waals surface area (Å²) in [5, 5.41) is 9.18. The lowest BCUT2D eigenvalue weighted by Gasteiger charge is -2.39. The quantitative estimate of drug-likeness (QED) is 0.787. The number of ether oxygens (including phenoxy) is 2. The van der Waals surface area contributed by atoms with Crippen molar-refractivity contribution in [2.24, 2.45) is 0 Å². The second-order valence-corrected chi connectivity index (χ2v) is 7.07. The van der Waals surface area contributed by atoms with Crippen molar-refractivity contribution < 1.29 is 24.2 Å². The van der Waals surface area contributed by atoms with Crippen LogP contribution in [0.4, 0.5) is 5.69 Å². The Morgan fingerprint density at radius 2 is 1.89 bits per heavy atom. The molecular weight excluding hydrogens is 346 g/mol. The number of carbonyl (C=O) groups is 2. The summed E-state index contributed by atoms with van der Waals surface area (Å²) in [5.41, 5.74) is 0.823. The predicted molar refractivity (Wildman–Crippen MR) is 102 cm³/mol. The van der Waals surface area contributed by atoms with Crippen molar-refractivity contribution in [3.8, 4) is 11.5 Å². The van der Waals surface area contributed by atoms with Gasteiger partial charge in [-0.2, -0.15) is 0 Å². The van der Waals surface area contributed by atoms with Crippen LogP contribution in [0, 0.1) is 6.92 Å². The molecule has 1 heterocycles. The van der Waals surface area contributed by atoms with Crippen molar-refractivity contribution in [1.82, 2.24) is 0 Å². The molecule has 1 aliphatic heterocycles. The molecular formula is C21H23NO5. The second-order valence-electron chi connectivity index (χ2n) is 7.07. The van der Waals surface area contributed by atoms with Gasteiger partial charge in [-0.3, -0.25) is 4.79 Å². The summed E-state index contributed by atoms with van der Waals surface area (Å²) in [5.74, 6) is 0.00209. The monoisotopic (exact) mass is 369 g/mol. The van der Waals surface area contributed by atoms with Crippen molar-refractivity contribution in [3.05, 3.63) is 53.6 Å². The van der Waals surface area contributed by atoms with E-state index in [9.17, 15) is 14.7 Å². The zero-order chi connectivity index (χ0) is 19.6. The van der Waals surface area contributed by atoms with Gasteiger partial charge in [0.1, 0.15) is 11.5 Å². The Morgan fingerprint density at radius 1 is 1.19 bits per heavy atom. The molecule has 0 fully saturated rings. The van der Waals surface area contributed by atoms with E-state index in [2.05, 4.69) is 0 Å². The maximum absolute atomic E-state index is 12.8. The fraction of sp³-hybridized carbons (Fsp3) is 0.333. The Kier molecular flexibility index (Phi) is 5.08. The van der Waals surface area contributed by atoms with Gasteiger partial charge in [0.05, 0.1) is 17.9 Å². The average molecular weight is 369 g/mol. The van der Waals surface area contributed by atoms with E-state index in [0.29, 0.717) is 31.0 Å².